The lowest BCUT2D eigenvalue weighted by molar-refractivity contribution is 0.0369. The van der Waals surface area contributed by atoms with Crippen molar-refractivity contribution in [3.05, 3.63) is 0 Å². The third-order valence-electron chi connectivity index (χ3n) is 2.17. The molecule has 1 atom stereocenters. The van der Waals surface area contributed by atoms with Crippen LogP contribution in [-0.4, -0.2) is 47.2 Å². The van der Waals surface area contributed by atoms with Gasteiger partial charge < -0.3 is 25.2 Å². The molecule has 0 aliphatic carbocycles. The fourth-order valence-corrected chi connectivity index (χ4v) is 1.27. The van der Waals surface area contributed by atoms with Crippen molar-refractivity contribution in [2.24, 2.45) is 0 Å². The van der Waals surface area contributed by atoms with Gasteiger partial charge in [-0.1, -0.05) is 0 Å². The zero-order chi connectivity index (χ0) is 16.9. The molecule has 124 valence electrons. The minimum absolute atomic E-state index is 0.0116. The van der Waals surface area contributed by atoms with Crippen molar-refractivity contribution >= 4 is 12.2 Å². The van der Waals surface area contributed by atoms with Crippen LogP contribution in [0.5, 0.6) is 0 Å². The average Bonchev–Trinajstić information content (AvgIpc) is 2.21. The van der Waals surface area contributed by atoms with Crippen molar-refractivity contribution in [1.82, 2.24) is 10.6 Å². The number of carbonyl (C=O) groups is 2. The number of alkyl carbamates (subject to hydrolysis) is 2. The predicted molar refractivity (Wildman–Crippen MR) is 79.1 cm³/mol. The van der Waals surface area contributed by atoms with Crippen LogP contribution in [0.25, 0.3) is 0 Å². The molecule has 0 aromatic rings. The Morgan fingerprint density at radius 2 is 1.33 bits per heavy atom. The van der Waals surface area contributed by atoms with Gasteiger partial charge in [0.05, 0.1) is 12.1 Å². The van der Waals surface area contributed by atoms with Gasteiger partial charge in [-0.3, -0.25) is 0 Å². The molecule has 0 aliphatic heterocycles. The van der Waals surface area contributed by atoms with E-state index in [1.54, 1.807) is 48.5 Å². The molecular weight excluding hydrogens is 276 g/mol. The third-order valence-corrected chi connectivity index (χ3v) is 2.17. The molecule has 0 aromatic heterocycles. The average molecular weight is 304 g/mol. The van der Waals surface area contributed by atoms with Crippen LogP contribution < -0.4 is 10.6 Å². The highest BCUT2D eigenvalue weighted by Gasteiger charge is 2.29. The van der Waals surface area contributed by atoms with Gasteiger partial charge in [-0.25, -0.2) is 9.59 Å². The maximum atomic E-state index is 11.7. The Bertz CT molecular complexity index is 371. The first-order valence-electron chi connectivity index (χ1n) is 6.85. The highest BCUT2D eigenvalue weighted by atomic mass is 16.6. The van der Waals surface area contributed by atoms with Gasteiger partial charge in [-0.2, -0.15) is 0 Å². The summed E-state index contributed by atoms with van der Waals surface area (Å²) in [4.78, 5) is 23.3. The topological polar surface area (TPSA) is 96.9 Å². The number of aliphatic hydroxyl groups is 1. The van der Waals surface area contributed by atoms with Gasteiger partial charge in [0, 0.05) is 6.54 Å². The summed E-state index contributed by atoms with van der Waals surface area (Å²) in [7, 11) is 0. The summed E-state index contributed by atoms with van der Waals surface area (Å²) in [6.07, 6.45) is -1.28. The summed E-state index contributed by atoms with van der Waals surface area (Å²) >= 11 is 0. The minimum atomic E-state index is -1.04. The van der Waals surface area contributed by atoms with E-state index < -0.39 is 28.9 Å². The second-order valence-corrected chi connectivity index (χ2v) is 7.20. The van der Waals surface area contributed by atoms with Crippen LogP contribution in [0.3, 0.4) is 0 Å². The highest BCUT2D eigenvalue weighted by Crippen LogP contribution is 2.10. The molecule has 0 bridgehead atoms. The van der Waals surface area contributed by atoms with Crippen molar-refractivity contribution in [2.75, 3.05) is 13.2 Å². The highest BCUT2D eigenvalue weighted by molar-refractivity contribution is 5.70. The smallest absolute Gasteiger partial charge is 0.408 e. The number of amides is 2. The maximum Gasteiger partial charge on any atom is 0.408 e. The molecule has 0 heterocycles. The molecule has 0 radical (unpaired) electrons. The number of carbonyl (C=O) groups excluding carboxylic acids is 2. The molecule has 0 rings (SSSR count). The monoisotopic (exact) mass is 304 g/mol. The van der Waals surface area contributed by atoms with Crippen molar-refractivity contribution in [3.63, 3.8) is 0 Å². The fraction of sp³-hybridized carbons (Fsp3) is 0.857. The number of ether oxygens (including phenoxy) is 2. The molecular formula is C14H28N2O5. The summed E-state index contributed by atoms with van der Waals surface area (Å²) in [5, 5.41) is 14.5. The van der Waals surface area contributed by atoms with Crippen molar-refractivity contribution in [2.45, 2.75) is 65.2 Å². The van der Waals surface area contributed by atoms with Crippen LogP contribution in [0.4, 0.5) is 9.59 Å². The number of nitrogens with one attached hydrogen (secondary N) is 2. The lowest BCUT2D eigenvalue weighted by Crippen LogP contribution is -2.57. The van der Waals surface area contributed by atoms with Crippen molar-refractivity contribution in [3.8, 4) is 0 Å². The molecule has 2 amide bonds. The van der Waals surface area contributed by atoms with Gasteiger partial charge in [0.2, 0.25) is 0 Å². The van der Waals surface area contributed by atoms with E-state index >= 15 is 0 Å². The van der Waals surface area contributed by atoms with E-state index in [9.17, 15) is 14.7 Å². The van der Waals surface area contributed by atoms with E-state index in [0.717, 1.165) is 0 Å². The summed E-state index contributed by atoms with van der Waals surface area (Å²) in [6, 6.07) is 0. The van der Waals surface area contributed by atoms with Gasteiger partial charge in [-0.15, -0.1) is 0 Å². The standard InChI is InChI=1S/C14H28N2O5/c1-12(2,3)20-10(18)15-8-14(7,9-17)16-11(19)21-13(4,5)6/h17H,8-9H2,1-7H3,(H,15,18)(H,16,19). The lowest BCUT2D eigenvalue weighted by Gasteiger charge is -2.31. The summed E-state index contributed by atoms with van der Waals surface area (Å²) in [5.74, 6) is 0. The van der Waals surface area contributed by atoms with E-state index in [0.29, 0.717) is 0 Å². The molecule has 0 aromatic carbocycles. The molecule has 3 N–H and O–H groups in total. The summed E-state index contributed by atoms with van der Waals surface area (Å²) < 4.78 is 10.2. The molecule has 0 aliphatic rings. The maximum absolute atomic E-state index is 11.7. The first kappa shape index (κ1) is 19.5. The minimum Gasteiger partial charge on any atom is -0.444 e. The van der Waals surface area contributed by atoms with Gasteiger partial charge in [0.15, 0.2) is 0 Å². The lowest BCUT2D eigenvalue weighted by atomic mass is 10.0. The SMILES string of the molecule is CC(CO)(CNC(=O)OC(C)(C)C)NC(=O)OC(C)(C)C. The normalized spacial score (nSPS) is 14.9. The Morgan fingerprint density at radius 3 is 1.71 bits per heavy atom. The predicted octanol–water partition coefficient (Wildman–Crippen LogP) is 1.79. The van der Waals surface area contributed by atoms with Gasteiger partial charge in [0.1, 0.15) is 11.2 Å². The molecule has 7 nitrogen and oxygen atoms in total. The Labute approximate surface area is 126 Å². The van der Waals surface area contributed by atoms with Crippen LogP contribution in [-0.2, 0) is 9.47 Å². The molecule has 7 heteroatoms. The third kappa shape index (κ3) is 9.95. The van der Waals surface area contributed by atoms with Gasteiger partial charge in [-0.05, 0) is 48.5 Å². The Kier molecular flexibility index (Phi) is 6.48. The molecule has 21 heavy (non-hydrogen) atoms. The van der Waals surface area contributed by atoms with Crippen LogP contribution in [0.15, 0.2) is 0 Å². The Balaban J connectivity index is 4.47. The largest absolute Gasteiger partial charge is 0.444 e. The van der Waals surface area contributed by atoms with Crippen LogP contribution in [0.1, 0.15) is 48.5 Å². The zero-order valence-electron chi connectivity index (χ0n) is 14.0. The van der Waals surface area contributed by atoms with Gasteiger partial charge in [0.25, 0.3) is 0 Å². The van der Waals surface area contributed by atoms with E-state index in [1.807, 2.05) is 0 Å². The van der Waals surface area contributed by atoms with E-state index in [4.69, 9.17) is 9.47 Å². The van der Waals surface area contributed by atoms with Crippen LogP contribution >= 0.6 is 0 Å². The Morgan fingerprint density at radius 1 is 0.905 bits per heavy atom. The van der Waals surface area contributed by atoms with Crippen molar-refractivity contribution in [1.29, 1.82) is 0 Å². The van der Waals surface area contributed by atoms with Gasteiger partial charge >= 0.3 is 12.2 Å². The molecule has 1 unspecified atom stereocenters. The number of hydrogen-bond acceptors (Lipinski definition) is 5. The Hall–Kier alpha value is -1.50. The van der Waals surface area contributed by atoms with E-state index in [-0.39, 0.29) is 13.2 Å². The fourth-order valence-electron chi connectivity index (χ4n) is 1.27. The first-order valence-corrected chi connectivity index (χ1v) is 6.85. The molecule has 0 saturated carbocycles. The van der Waals surface area contributed by atoms with E-state index in [1.165, 1.54) is 0 Å². The quantitative estimate of drug-likeness (QED) is 0.735. The number of rotatable bonds is 4. The van der Waals surface area contributed by atoms with Crippen molar-refractivity contribution < 1.29 is 24.2 Å². The first-order chi connectivity index (χ1) is 9.26. The zero-order valence-corrected chi connectivity index (χ0v) is 14.0. The number of hydrogen-bond donors (Lipinski definition) is 3. The molecule has 0 fully saturated rings. The van der Waals surface area contributed by atoms with Crippen LogP contribution in [0, 0.1) is 0 Å². The molecule has 0 saturated heterocycles. The summed E-state index contributed by atoms with van der Waals surface area (Å²) in [6.45, 7) is 11.7. The number of aliphatic hydroxyl groups excluding tert-OH is 1. The van der Waals surface area contributed by atoms with Crippen LogP contribution in [0.2, 0.25) is 0 Å². The molecule has 0 spiro atoms. The second-order valence-electron chi connectivity index (χ2n) is 7.20. The second kappa shape index (κ2) is 6.98. The van der Waals surface area contributed by atoms with E-state index in [2.05, 4.69) is 10.6 Å². The summed E-state index contributed by atoms with van der Waals surface area (Å²) in [5.41, 5.74) is -2.30.